The molecule has 0 amide bonds. The predicted octanol–water partition coefficient (Wildman–Crippen LogP) is 1.85. The number of hydrogen-bond donors (Lipinski definition) is 0. The third kappa shape index (κ3) is 2.39. The molecule has 0 aliphatic heterocycles. The third-order valence-corrected chi connectivity index (χ3v) is 2.87. The van der Waals surface area contributed by atoms with E-state index in [1.807, 2.05) is 12.1 Å². The molecule has 0 N–H and O–H groups in total. The van der Waals surface area contributed by atoms with E-state index in [9.17, 15) is 9.36 Å². The van der Waals surface area contributed by atoms with Gasteiger partial charge in [-0.2, -0.15) is 0 Å². The number of nitrogens with zero attached hydrogens (tertiary/aromatic N) is 2. The molecule has 1 aromatic carbocycles. The van der Waals surface area contributed by atoms with Crippen LogP contribution in [-0.2, 0) is 11.6 Å². The third-order valence-electron chi connectivity index (χ3n) is 2.26. The maximum absolute atomic E-state index is 11.9. The molecule has 0 aliphatic carbocycles. The van der Waals surface area contributed by atoms with Gasteiger partial charge >= 0.3 is 5.56 Å². The molecule has 0 aliphatic rings. The fourth-order valence-electron chi connectivity index (χ4n) is 1.52. The van der Waals surface area contributed by atoms with Crippen LogP contribution in [0.1, 0.15) is 0 Å². The molecule has 2 aromatic rings. The van der Waals surface area contributed by atoms with Crippen molar-refractivity contribution in [1.82, 2.24) is 9.55 Å². The van der Waals surface area contributed by atoms with E-state index in [1.54, 1.807) is 19.2 Å². The van der Waals surface area contributed by atoms with E-state index in [-0.39, 0.29) is 11.4 Å². The van der Waals surface area contributed by atoms with Crippen molar-refractivity contribution in [3.05, 3.63) is 34.6 Å². The molecule has 0 fully saturated rings. The lowest BCUT2D eigenvalue weighted by atomic mass is 10.3. The van der Waals surface area contributed by atoms with Crippen molar-refractivity contribution in [2.75, 3.05) is 13.3 Å². The Bertz CT molecular complexity index is 672. The summed E-state index contributed by atoms with van der Waals surface area (Å²) in [7, 11) is -1.15. The van der Waals surface area contributed by atoms with Gasteiger partial charge in [0.1, 0.15) is 0 Å². The molecule has 0 atom stereocenters. The first-order valence-electron chi connectivity index (χ1n) is 5.09. The summed E-state index contributed by atoms with van der Waals surface area (Å²) in [5.41, 5.74) is 0.970. The summed E-state index contributed by atoms with van der Waals surface area (Å²) in [6.07, 6.45) is 0. The highest BCUT2D eigenvalue weighted by Crippen LogP contribution is 2.36. The zero-order valence-electron chi connectivity index (χ0n) is 9.88. The topological polar surface area (TPSA) is 61.2 Å². The highest BCUT2D eigenvalue weighted by Gasteiger charge is 2.15. The van der Waals surface area contributed by atoms with Crippen LogP contribution < -0.4 is 10.1 Å². The number of hydrogen-bond acceptors (Lipinski definition) is 4. The van der Waals surface area contributed by atoms with Gasteiger partial charge in [0, 0.05) is 20.4 Å². The van der Waals surface area contributed by atoms with Crippen molar-refractivity contribution >= 4 is 18.4 Å². The van der Waals surface area contributed by atoms with Gasteiger partial charge in [0.2, 0.25) is 7.37 Å². The van der Waals surface area contributed by atoms with Gasteiger partial charge in [-0.05, 0) is 12.1 Å². The summed E-state index contributed by atoms with van der Waals surface area (Å²) in [6.45, 7) is 2.90. The van der Waals surface area contributed by atoms with Crippen molar-refractivity contribution in [1.29, 1.82) is 0 Å². The normalized spacial score (nSPS) is 11.7. The SMILES string of the molecule is Cn1c(=O)c(OP(C)(C)=O)nc2ccccc21. The van der Waals surface area contributed by atoms with E-state index in [4.69, 9.17) is 4.52 Å². The Hall–Kier alpha value is -1.61. The van der Waals surface area contributed by atoms with Gasteiger partial charge < -0.3 is 9.09 Å². The highest BCUT2D eigenvalue weighted by molar-refractivity contribution is 7.57. The molecule has 0 saturated heterocycles. The van der Waals surface area contributed by atoms with Crippen LogP contribution in [-0.4, -0.2) is 22.9 Å². The van der Waals surface area contributed by atoms with Gasteiger partial charge in [0.25, 0.3) is 5.88 Å². The van der Waals surface area contributed by atoms with E-state index < -0.39 is 7.37 Å². The van der Waals surface area contributed by atoms with E-state index in [0.29, 0.717) is 11.0 Å². The van der Waals surface area contributed by atoms with Crippen LogP contribution in [0.25, 0.3) is 11.0 Å². The first-order chi connectivity index (χ1) is 7.88. The molecule has 0 saturated carbocycles. The van der Waals surface area contributed by atoms with E-state index in [2.05, 4.69) is 4.98 Å². The molecule has 90 valence electrons. The van der Waals surface area contributed by atoms with Gasteiger partial charge in [-0.15, -0.1) is 0 Å². The maximum Gasteiger partial charge on any atom is 0.313 e. The van der Waals surface area contributed by atoms with Crippen molar-refractivity contribution in [2.45, 2.75) is 0 Å². The molecule has 0 radical (unpaired) electrons. The van der Waals surface area contributed by atoms with Crippen LogP contribution >= 0.6 is 7.37 Å². The molecule has 5 nitrogen and oxygen atoms in total. The van der Waals surface area contributed by atoms with Gasteiger partial charge in [-0.25, -0.2) is 4.98 Å². The quantitative estimate of drug-likeness (QED) is 0.765. The van der Waals surface area contributed by atoms with E-state index in [1.165, 1.54) is 17.9 Å². The smallest absolute Gasteiger partial charge is 0.313 e. The molecule has 1 aromatic heterocycles. The Kier molecular flexibility index (Phi) is 2.79. The van der Waals surface area contributed by atoms with E-state index in [0.717, 1.165) is 0 Å². The van der Waals surface area contributed by atoms with Crippen LogP contribution in [0.5, 0.6) is 5.88 Å². The van der Waals surface area contributed by atoms with Gasteiger partial charge in [0.05, 0.1) is 11.0 Å². The zero-order valence-corrected chi connectivity index (χ0v) is 10.8. The summed E-state index contributed by atoms with van der Waals surface area (Å²) < 4.78 is 18.1. The van der Waals surface area contributed by atoms with Crippen LogP contribution in [0, 0.1) is 0 Å². The van der Waals surface area contributed by atoms with Gasteiger partial charge in [0.15, 0.2) is 0 Å². The summed E-state index contributed by atoms with van der Waals surface area (Å²) in [4.78, 5) is 16.0. The van der Waals surface area contributed by atoms with Crippen LogP contribution in [0.15, 0.2) is 29.1 Å². The second-order valence-electron chi connectivity index (χ2n) is 4.11. The van der Waals surface area contributed by atoms with Gasteiger partial charge in [-0.1, -0.05) is 12.1 Å². The molecular formula is C11H13N2O3P. The molecule has 2 rings (SSSR count). The Morgan fingerprint density at radius 1 is 1.29 bits per heavy atom. The van der Waals surface area contributed by atoms with Crippen molar-refractivity contribution in [2.24, 2.45) is 7.05 Å². The number of para-hydroxylation sites is 2. The lowest BCUT2D eigenvalue weighted by Gasteiger charge is -2.11. The van der Waals surface area contributed by atoms with Crippen molar-refractivity contribution in [3.8, 4) is 5.88 Å². The second-order valence-corrected chi connectivity index (χ2v) is 6.80. The Labute approximate surface area is 98.5 Å². The zero-order chi connectivity index (χ0) is 12.6. The number of benzene rings is 1. The Balaban J connectivity index is 2.70. The monoisotopic (exact) mass is 252 g/mol. The molecule has 1 heterocycles. The Morgan fingerprint density at radius 2 is 1.94 bits per heavy atom. The second kappa shape index (κ2) is 4.00. The lowest BCUT2D eigenvalue weighted by molar-refractivity contribution is 0.478. The fourth-order valence-corrected chi connectivity index (χ4v) is 2.06. The van der Waals surface area contributed by atoms with Crippen LogP contribution in [0.2, 0.25) is 0 Å². The molecule has 0 unspecified atom stereocenters. The largest absolute Gasteiger partial charge is 0.420 e. The van der Waals surface area contributed by atoms with E-state index >= 15 is 0 Å². The highest BCUT2D eigenvalue weighted by atomic mass is 31.2. The summed E-state index contributed by atoms with van der Waals surface area (Å²) in [5.74, 6) is -0.112. The minimum absolute atomic E-state index is 0.112. The number of rotatable bonds is 2. The number of aryl methyl sites for hydroxylation is 1. The van der Waals surface area contributed by atoms with Crippen molar-refractivity contribution < 1.29 is 9.09 Å². The van der Waals surface area contributed by atoms with Crippen LogP contribution in [0.4, 0.5) is 0 Å². The minimum Gasteiger partial charge on any atom is -0.420 e. The Morgan fingerprint density at radius 3 is 2.59 bits per heavy atom. The fraction of sp³-hybridized carbons (Fsp3) is 0.273. The average Bonchev–Trinajstić information content (AvgIpc) is 2.24. The number of fused-ring (bicyclic) bond motifs is 1. The molecule has 6 heteroatoms. The minimum atomic E-state index is -2.79. The average molecular weight is 252 g/mol. The first kappa shape index (κ1) is 11.9. The molecule has 0 spiro atoms. The van der Waals surface area contributed by atoms with Gasteiger partial charge in [-0.3, -0.25) is 9.36 Å². The maximum atomic E-state index is 11.9. The predicted molar refractivity (Wildman–Crippen MR) is 67.1 cm³/mol. The number of aromatic nitrogens is 2. The summed E-state index contributed by atoms with van der Waals surface area (Å²) in [5, 5.41) is 0. The first-order valence-corrected chi connectivity index (χ1v) is 7.61. The standard InChI is InChI=1S/C11H13N2O3P/c1-13-9-7-5-4-6-8(9)12-10(11(13)14)16-17(2,3)15/h4-7H,1-3H3. The van der Waals surface area contributed by atoms with Crippen LogP contribution in [0.3, 0.4) is 0 Å². The molecular weight excluding hydrogens is 239 g/mol. The summed E-state index contributed by atoms with van der Waals surface area (Å²) >= 11 is 0. The van der Waals surface area contributed by atoms with Crippen molar-refractivity contribution in [3.63, 3.8) is 0 Å². The molecule has 17 heavy (non-hydrogen) atoms. The summed E-state index contributed by atoms with van der Waals surface area (Å²) in [6, 6.07) is 7.22. The molecule has 0 bridgehead atoms. The lowest BCUT2D eigenvalue weighted by Crippen LogP contribution is -2.20.